The first-order valence-corrected chi connectivity index (χ1v) is 7.98. The van der Waals surface area contributed by atoms with Gasteiger partial charge in [0.1, 0.15) is 11.9 Å². The third kappa shape index (κ3) is 2.83. The van der Waals surface area contributed by atoms with Gasteiger partial charge in [0.2, 0.25) is 0 Å². The van der Waals surface area contributed by atoms with Crippen LogP contribution in [0.3, 0.4) is 0 Å². The summed E-state index contributed by atoms with van der Waals surface area (Å²) in [6.07, 6.45) is 4.99. The number of benzene rings is 1. The number of hydrogen-bond donors (Lipinski definition) is 2. The number of nitrogens with zero attached hydrogens (tertiary/aromatic N) is 2. The zero-order valence-electron chi connectivity index (χ0n) is 13.5. The Hall–Kier alpha value is -2.51. The highest BCUT2D eigenvalue weighted by molar-refractivity contribution is 5.86. The van der Waals surface area contributed by atoms with Gasteiger partial charge in [0, 0.05) is 22.8 Å². The lowest BCUT2D eigenvalue weighted by Gasteiger charge is -2.24. The van der Waals surface area contributed by atoms with E-state index in [4.69, 9.17) is 5.26 Å². The van der Waals surface area contributed by atoms with Crippen LogP contribution in [-0.4, -0.2) is 9.97 Å². The van der Waals surface area contributed by atoms with Crippen molar-refractivity contribution in [2.75, 3.05) is 5.32 Å². The fourth-order valence-corrected chi connectivity index (χ4v) is 3.44. The molecule has 0 bridgehead atoms. The van der Waals surface area contributed by atoms with Crippen molar-refractivity contribution in [1.82, 2.24) is 9.97 Å². The lowest BCUT2D eigenvalue weighted by molar-refractivity contribution is 0.591. The number of nitriles is 1. The number of H-pyrrole nitrogens is 1. The van der Waals surface area contributed by atoms with Gasteiger partial charge >= 0.3 is 0 Å². The Morgan fingerprint density at radius 2 is 2.17 bits per heavy atom. The van der Waals surface area contributed by atoms with Gasteiger partial charge in [-0.15, -0.1) is 12.4 Å². The molecule has 2 heterocycles. The van der Waals surface area contributed by atoms with Gasteiger partial charge in [-0.25, -0.2) is 4.98 Å². The maximum Gasteiger partial charge on any atom is 0.126 e. The van der Waals surface area contributed by atoms with E-state index in [2.05, 4.69) is 46.5 Å². The third-order valence-corrected chi connectivity index (χ3v) is 4.58. The molecule has 0 amide bonds. The Balaban J connectivity index is 0.00000169. The van der Waals surface area contributed by atoms with Gasteiger partial charge < -0.3 is 10.3 Å². The van der Waals surface area contributed by atoms with Crippen LogP contribution in [0, 0.1) is 18.3 Å². The van der Waals surface area contributed by atoms with Gasteiger partial charge in [-0.05, 0) is 56.0 Å². The van der Waals surface area contributed by atoms with E-state index in [1.165, 1.54) is 34.1 Å². The first-order chi connectivity index (χ1) is 11.2. The Bertz CT molecular complexity index is 906. The summed E-state index contributed by atoms with van der Waals surface area (Å²) in [5, 5.41) is 13.7. The molecule has 4 rings (SSSR count). The van der Waals surface area contributed by atoms with Crippen molar-refractivity contribution in [3.05, 3.63) is 58.9 Å². The van der Waals surface area contributed by atoms with Crippen molar-refractivity contribution in [1.29, 1.82) is 5.26 Å². The average Bonchev–Trinajstić information content (AvgIpc) is 2.95. The van der Waals surface area contributed by atoms with Gasteiger partial charge in [0.15, 0.2) is 0 Å². The van der Waals surface area contributed by atoms with Crippen molar-refractivity contribution in [2.45, 2.75) is 32.2 Å². The largest absolute Gasteiger partial charge is 0.362 e. The molecule has 5 heteroatoms. The van der Waals surface area contributed by atoms with Crippen LogP contribution in [0.25, 0.3) is 10.9 Å². The molecule has 1 aliphatic rings. The van der Waals surface area contributed by atoms with Gasteiger partial charge in [-0.3, -0.25) is 0 Å². The van der Waals surface area contributed by atoms with Crippen molar-refractivity contribution >= 4 is 29.1 Å². The minimum atomic E-state index is 0. The van der Waals surface area contributed by atoms with E-state index in [1.54, 1.807) is 12.3 Å². The van der Waals surface area contributed by atoms with Crippen LogP contribution in [0.2, 0.25) is 0 Å². The van der Waals surface area contributed by atoms with E-state index in [9.17, 15) is 0 Å². The monoisotopic (exact) mass is 338 g/mol. The number of hydrogen-bond acceptors (Lipinski definition) is 3. The number of fused-ring (bicyclic) bond motifs is 3. The molecule has 122 valence electrons. The molecular weight excluding hydrogens is 320 g/mol. The number of aryl methyl sites for hydroxylation is 2. The van der Waals surface area contributed by atoms with Crippen LogP contribution >= 0.6 is 12.4 Å². The van der Waals surface area contributed by atoms with E-state index in [-0.39, 0.29) is 18.4 Å². The predicted octanol–water partition coefficient (Wildman–Crippen LogP) is 4.65. The maximum atomic E-state index is 8.87. The van der Waals surface area contributed by atoms with Crippen molar-refractivity contribution in [3.63, 3.8) is 0 Å². The second-order valence-corrected chi connectivity index (χ2v) is 6.20. The Labute approximate surface area is 147 Å². The van der Waals surface area contributed by atoms with Crippen LogP contribution < -0.4 is 5.32 Å². The summed E-state index contributed by atoms with van der Waals surface area (Å²) in [7, 11) is 0. The number of nitrogens with one attached hydrogen (secondary N) is 2. The molecule has 0 saturated heterocycles. The van der Waals surface area contributed by atoms with Crippen molar-refractivity contribution in [2.24, 2.45) is 0 Å². The topological polar surface area (TPSA) is 64.5 Å². The van der Waals surface area contributed by atoms with Gasteiger partial charge in [0.05, 0.1) is 11.6 Å². The maximum absolute atomic E-state index is 8.87. The van der Waals surface area contributed by atoms with Crippen LogP contribution in [0.4, 0.5) is 5.82 Å². The molecule has 2 N–H and O–H groups in total. The molecule has 1 aromatic carbocycles. The molecule has 0 spiro atoms. The van der Waals surface area contributed by atoms with E-state index in [0.29, 0.717) is 5.56 Å². The standard InChI is InChI=1S/C19H18N4.ClH/c1-12-5-7-16-15(9-12)14-3-2-4-17(19(14)23-16)22-18-8-6-13(10-20)11-21-18;/h5-9,11,17,23H,2-4H2,1H3,(H,21,22);1H. The normalized spacial score (nSPS) is 16.1. The third-order valence-electron chi connectivity index (χ3n) is 4.58. The Morgan fingerprint density at radius 3 is 2.92 bits per heavy atom. The molecule has 0 saturated carbocycles. The van der Waals surface area contributed by atoms with Crippen LogP contribution in [0.1, 0.15) is 41.3 Å². The minimum Gasteiger partial charge on any atom is -0.362 e. The first-order valence-electron chi connectivity index (χ1n) is 7.98. The minimum absolute atomic E-state index is 0. The SMILES string of the molecule is Cc1ccc2[nH]c3c(c2c1)CCCC3Nc1ccc(C#N)cn1.Cl. The number of aromatic amines is 1. The summed E-state index contributed by atoms with van der Waals surface area (Å²) in [6, 6.07) is 12.6. The van der Waals surface area contributed by atoms with Gasteiger partial charge in [-0.1, -0.05) is 11.6 Å². The highest BCUT2D eigenvalue weighted by Crippen LogP contribution is 2.36. The number of rotatable bonds is 2. The molecule has 1 atom stereocenters. The number of halogens is 1. The highest BCUT2D eigenvalue weighted by atomic mass is 35.5. The van der Waals surface area contributed by atoms with Gasteiger partial charge in [-0.2, -0.15) is 5.26 Å². The lowest BCUT2D eigenvalue weighted by atomic mass is 9.91. The molecule has 3 aromatic rings. The van der Waals surface area contributed by atoms with E-state index >= 15 is 0 Å². The summed E-state index contributed by atoms with van der Waals surface area (Å²) in [5.41, 5.74) is 5.80. The van der Waals surface area contributed by atoms with Crippen LogP contribution in [0.15, 0.2) is 36.5 Å². The molecule has 2 aromatic heterocycles. The second-order valence-electron chi connectivity index (χ2n) is 6.20. The van der Waals surface area contributed by atoms with Crippen LogP contribution in [-0.2, 0) is 6.42 Å². The lowest BCUT2D eigenvalue weighted by Crippen LogP contribution is -2.17. The van der Waals surface area contributed by atoms with Crippen LogP contribution in [0.5, 0.6) is 0 Å². The second kappa shape index (κ2) is 6.54. The first kappa shape index (κ1) is 16.4. The number of anilines is 1. The Morgan fingerprint density at radius 1 is 1.29 bits per heavy atom. The predicted molar refractivity (Wildman–Crippen MR) is 98.5 cm³/mol. The van der Waals surface area contributed by atoms with Gasteiger partial charge in [0.25, 0.3) is 0 Å². The summed E-state index contributed by atoms with van der Waals surface area (Å²) in [6.45, 7) is 2.14. The molecule has 0 aliphatic heterocycles. The Kier molecular flexibility index (Phi) is 4.46. The molecule has 1 unspecified atom stereocenters. The smallest absolute Gasteiger partial charge is 0.126 e. The average molecular weight is 339 g/mol. The summed E-state index contributed by atoms with van der Waals surface area (Å²) in [4.78, 5) is 7.93. The molecule has 4 nitrogen and oxygen atoms in total. The molecule has 1 aliphatic carbocycles. The van der Waals surface area contributed by atoms with Crippen molar-refractivity contribution in [3.8, 4) is 6.07 Å². The molecule has 0 fully saturated rings. The number of aromatic nitrogens is 2. The summed E-state index contributed by atoms with van der Waals surface area (Å²) >= 11 is 0. The van der Waals surface area contributed by atoms with E-state index in [0.717, 1.165) is 18.7 Å². The zero-order valence-corrected chi connectivity index (χ0v) is 14.3. The van der Waals surface area contributed by atoms with Crippen molar-refractivity contribution < 1.29 is 0 Å². The highest BCUT2D eigenvalue weighted by Gasteiger charge is 2.24. The molecule has 0 radical (unpaired) electrons. The van der Waals surface area contributed by atoms with E-state index in [1.807, 2.05) is 6.07 Å². The molecular formula is C19H19ClN4. The van der Waals surface area contributed by atoms with E-state index < -0.39 is 0 Å². The quantitative estimate of drug-likeness (QED) is 0.714. The fourth-order valence-electron chi connectivity index (χ4n) is 3.44. The fraction of sp³-hybridized carbons (Fsp3) is 0.263. The number of pyridine rings is 1. The molecule has 24 heavy (non-hydrogen) atoms. The summed E-state index contributed by atoms with van der Waals surface area (Å²) < 4.78 is 0. The summed E-state index contributed by atoms with van der Waals surface area (Å²) in [5.74, 6) is 0.816. The zero-order chi connectivity index (χ0) is 15.8.